The van der Waals surface area contributed by atoms with Gasteiger partial charge in [-0.3, -0.25) is 4.90 Å². The molecular weight excluding hydrogens is 457 g/mol. The van der Waals surface area contributed by atoms with Crippen LogP contribution in [0.1, 0.15) is 69.3 Å². The van der Waals surface area contributed by atoms with Crippen LogP contribution in [0.3, 0.4) is 0 Å². The number of allylic oxidation sites excluding steroid dienone is 2. The lowest BCUT2D eigenvalue weighted by Crippen LogP contribution is -2.48. The average Bonchev–Trinajstić information content (AvgIpc) is 3.15. The molecule has 0 N–H and O–H groups in total. The van der Waals surface area contributed by atoms with Crippen LogP contribution in [0.15, 0.2) is 42.6 Å². The Morgan fingerprint density at radius 3 is 2.44 bits per heavy atom. The van der Waals surface area contributed by atoms with Gasteiger partial charge in [0.1, 0.15) is 5.60 Å². The molecule has 1 aliphatic carbocycles. The summed E-state index contributed by atoms with van der Waals surface area (Å²) in [6.45, 7) is 5.29. The zero-order chi connectivity index (χ0) is 24.9. The number of benzene rings is 1. The van der Waals surface area contributed by atoms with Crippen molar-refractivity contribution >= 4 is 6.09 Å². The van der Waals surface area contributed by atoms with E-state index in [0.717, 1.165) is 16.9 Å². The Morgan fingerprint density at radius 1 is 1.21 bits per heavy atom. The molecule has 1 aliphatic heterocycles. The smallest absolute Gasteiger partial charge is 0.418 e. The number of carbonyl (C=O) groups excluding carboxylic acids is 1. The molecule has 5 nitrogen and oxygen atoms in total. The number of hydrogen-bond donors (Lipinski definition) is 0. The molecule has 184 valence electrons. The summed E-state index contributed by atoms with van der Waals surface area (Å²) < 4.78 is 76.0. The number of carbonyl (C=O) groups is 1. The van der Waals surface area contributed by atoms with Crippen LogP contribution in [0.2, 0.25) is 0 Å². The molecule has 2 heterocycles. The van der Waals surface area contributed by atoms with Crippen molar-refractivity contribution in [1.29, 1.82) is 0 Å². The number of alkyl halides is 5. The number of piperidine rings is 1. The first-order valence-electron chi connectivity index (χ1n) is 11.0. The third kappa shape index (κ3) is 4.54. The highest BCUT2D eigenvalue weighted by Gasteiger charge is 2.46. The number of ether oxygens (including phenoxy) is 1. The summed E-state index contributed by atoms with van der Waals surface area (Å²) >= 11 is 0. The Labute approximate surface area is 194 Å². The minimum absolute atomic E-state index is 0.128. The lowest BCUT2D eigenvalue weighted by molar-refractivity contribution is -0.137. The minimum atomic E-state index is -4.72. The zero-order valence-electron chi connectivity index (χ0n) is 19.1. The Kier molecular flexibility index (Phi) is 5.98. The van der Waals surface area contributed by atoms with E-state index in [1.165, 1.54) is 23.1 Å². The van der Waals surface area contributed by atoms with Gasteiger partial charge in [0.15, 0.2) is 0 Å². The third-order valence-corrected chi connectivity index (χ3v) is 6.28. The Hall–Kier alpha value is -2.91. The number of hydrogen-bond acceptors (Lipinski definition) is 3. The van der Waals surface area contributed by atoms with Crippen LogP contribution in [-0.4, -0.2) is 32.9 Å². The minimum Gasteiger partial charge on any atom is -0.444 e. The molecule has 4 rings (SSSR count). The molecule has 1 spiro atoms. The van der Waals surface area contributed by atoms with E-state index in [9.17, 15) is 26.7 Å². The molecule has 0 bridgehead atoms. The highest BCUT2D eigenvalue weighted by Crippen LogP contribution is 2.51. The summed E-state index contributed by atoms with van der Waals surface area (Å²) in [6, 6.07) is 3.74. The maximum atomic E-state index is 14.1. The Morgan fingerprint density at radius 2 is 1.88 bits per heavy atom. The van der Waals surface area contributed by atoms with Gasteiger partial charge < -0.3 is 4.74 Å². The van der Waals surface area contributed by atoms with Crippen molar-refractivity contribution in [1.82, 2.24) is 14.7 Å². The SMILES string of the molecule is CC(C)(C)OC(=O)N1CCC2(C=CC2)CC1c1c(C(F)F)cnn1-c1ccccc1C(F)(F)F. The van der Waals surface area contributed by atoms with Gasteiger partial charge in [0.25, 0.3) is 6.43 Å². The number of likely N-dealkylation sites (tertiary alicyclic amines) is 1. The van der Waals surface area contributed by atoms with Crippen molar-refractivity contribution in [3.05, 3.63) is 59.4 Å². The predicted molar refractivity (Wildman–Crippen MR) is 115 cm³/mol. The first kappa shape index (κ1) is 24.2. The van der Waals surface area contributed by atoms with Crippen molar-refractivity contribution in [3.63, 3.8) is 0 Å². The van der Waals surface area contributed by atoms with Gasteiger partial charge in [0.2, 0.25) is 0 Å². The standard InChI is InChI=1S/C24H26F5N3O2/c1-22(2,3)34-21(33)31-12-11-23(9-6-10-23)13-18(31)19-15(20(25)26)14-30-32(19)17-8-5-4-7-16(17)24(27,28)29/h4-9,14,18,20H,10-13H2,1-3H3. The molecule has 1 aromatic heterocycles. The van der Waals surface area contributed by atoms with Gasteiger partial charge in [-0.15, -0.1) is 0 Å². The Balaban J connectivity index is 1.87. The summed E-state index contributed by atoms with van der Waals surface area (Å²) in [6.07, 6.45) is -1.98. The molecule has 10 heteroatoms. The molecular formula is C24H26F5N3O2. The van der Waals surface area contributed by atoms with E-state index < -0.39 is 41.5 Å². The lowest BCUT2D eigenvalue weighted by Gasteiger charge is -2.48. The first-order valence-corrected chi connectivity index (χ1v) is 11.0. The molecule has 1 fully saturated rings. The highest BCUT2D eigenvalue weighted by molar-refractivity contribution is 5.69. The van der Waals surface area contributed by atoms with E-state index in [1.54, 1.807) is 20.8 Å². The van der Waals surface area contributed by atoms with Crippen LogP contribution in [0, 0.1) is 5.41 Å². The molecule has 2 atom stereocenters. The summed E-state index contributed by atoms with van der Waals surface area (Å²) in [5.41, 5.74) is -3.14. The van der Waals surface area contributed by atoms with E-state index >= 15 is 0 Å². The quantitative estimate of drug-likeness (QED) is 0.355. The number of rotatable bonds is 3. The molecule has 1 amide bonds. The maximum absolute atomic E-state index is 14.1. The van der Waals surface area contributed by atoms with E-state index in [0.29, 0.717) is 12.8 Å². The summed E-state index contributed by atoms with van der Waals surface area (Å²) in [5.74, 6) is 0. The van der Waals surface area contributed by atoms with Crippen LogP contribution >= 0.6 is 0 Å². The highest BCUT2D eigenvalue weighted by atomic mass is 19.4. The largest absolute Gasteiger partial charge is 0.444 e. The predicted octanol–water partition coefficient (Wildman–Crippen LogP) is 6.85. The molecule has 2 aliphatic rings. The second kappa shape index (κ2) is 8.39. The van der Waals surface area contributed by atoms with Crippen molar-refractivity contribution in [2.45, 2.75) is 64.3 Å². The van der Waals surface area contributed by atoms with Crippen LogP contribution in [0.25, 0.3) is 5.69 Å². The van der Waals surface area contributed by atoms with Gasteiger partial charge in [-0.1, -0.05) is 24.3 Å². The van der Waals surface area contributed by atoms with Crippen LogP contribution in [0.4, 0.5) is 26.7 Å². The second-order valence-electron chi connectivity index (χ2n) is 9.83. The number of nitrogens with zero attached hydrogens (tertiary/aromatic N) is 3. The van der Waals surface area contributed by atoms with Gasteiger partial charge in [0.05, 0.1) is 34.7 Å². The molecule has 1 aromatic carbocycles. The molecule has 1 saturated heterocycles. The van der Waals surface area contributed by atoms with Gasteiger partial charge >= 0.3 is 12.3 Å². The van der Waals surface area contributed by atoms with Gasteiger partial charge in [-0.25, -0.2) is 18.3 Å². The normalized spacial score (nSPS) is 22.9. The lowest BCUT2D eigenvalue weighted by atomic mass is 9.66. The number of halogens is 5. The number of para-hydroxylation sites is 1. The monoisotopic (exact) mass is 483 g/mol. The fourth-order valence-electron chi connectivity index (χ4n) is 4.63. The van der Waals surface area contributed by atoms with Crippen molar-refractivity contribution in [2.75, 3.05) is 6.54 Å². The number of aromatic nitrogens is 2. The zero-order valence-corrected chi connectivity index (χ0v) is 19.1. The third-order valence-electron chi connectivity index (χ3n) is 6.28. The molecule has 2 aromatic rings. The topological polar surface area (TPSA) is 47.4 Å². The molecule has 2 unspecified atom stereocenters. The van der Waals surface area contributed by atoms with Crippen LogP contribution in [0.5, 0.6) is 0 Å². The molecule has 0 saturated carbocycles. The average molecular weight is 483 g/mol. The molecule has 34 heavy (non-hydrogen) atoms. The van der Waals surface area contributed by atoms with Gasteiger partial charge in [0, 0.05) is 6.54 Å². The molecule has 0 radical (unpaired) electrons. The number of amides is 1. The van der Waals surface area contributed by atoms with E-state index in [2.05, 4.69) is 5.10 Å². The van der Waals surface area contributed by atoms with Crippen molar-refractivity contribution in [2.24, 2.45) is 5.41 Å². The maximum Gasteiger partial charge on any atom is 0.418 e. The van der Waals surface area contributed by atoms with E-state index in [1.807, 2.05) is 12.2 Å². The van der Waals surface area contributed by atoms with Crippen LogP contribution < -0.4 is 0 Å². The van der Waals surface area contributed by atoms with Gasteiger partial charge in [-0.05, 0) is 57.6 Å². The first-order chi connectivity index (χ1) is 15.8. The fourth-order valence-corrected chi connectivity index (χ4v) is 4.63. The van der Waals surface area contributed by atoms with Crippen LogP contribution in [-0.2, 0) is 10.9 Å². The summed E-state index contributed by atoms with van der Waals surface area (Å²) in [7, 11) is 0. The second-order valence-corrected chi connectivity index (χ2v) is 9.83. The van der Waals surface area contributed by atoms with E-state index in [-0.39, 0.29) is 29.8 Å². The van der Waals surface area contributed by atoms with Gasteiger partial charge in [-0.2, -0.15) is 18.3 Å². The summed E-state index contributed by atoms with van der Waals surface area (Å²) in [5, 5.41) is 3.96. The van der Waals surface area contributed by atoms with Crippen molar-refractivity contribution < 1.29 is 31.5 Å². The summed E-state index contributed by atoms with van der Waals surface area (Å²) in [4.78, 5) is 14.4. The van der Waals surface area contributed by atoms with Crippen molar-refractivity contribution in [3.8, 4) is 5.69 Å². The fraction of sp³-hybridized carbons (Fsp3) is 0.500. The van der Waals surface area contributed by atoms with E-state index in [4.69, 9.17) is 4.74 Å². The Bertz CT molecular complexity index is 1100.